The van der Waals surface area contributed by atoms with E-state index in [0.717, 1.165) is 10.5 Å². The number of thioether (sulfide) groups is 1. The van der Waals surface area contributed by atoms with E-state index >= 15 is 0 Å². The first kappa shape index (κ1) is 40.4. The van der Waals surface area contributed by atoms with Gasteiger partial charge in [0.1, 0.15) is 6.04 Å². The van der Waals surface area contributed by atoms with Gasteiger partial charge in [-0.15, -0.1) is 11.8 Å². The van der Waals surface area contributed by atoms with Crippen molar-refractivity contribution in [3.63, 3.8) is 0 Å². The average Bonchev–Trinajstić information content (AvgIpc) is 3.40. The number of nitrogens with zero attached hydrogens (tertiary/aromatic N) is 1. The van der Waals surface area contributed by atoms with Crippen LogP contribution in [0.25, 0.3) is 0 Å². The molecule has 1 aromatic carbocycles. The summed E-state index contributed by atoms with van der Waals surface area (Å²) in [6.07, 6.45) is 5.38. The highest BCUT2D eigenvalue weighted by molar-refractivity contribution is 8.00. The Labute approximate surface area is 290 Å². The van der Waals surface area contributed by atoms with Gasteiger partial charge < -0.3 is 31.9 Å². The number of unbranched alkanes of at least 4 members (excludes halogenated alkanes) is 2. The fourth-order valence-electron chi connectivity index (χ4n) is 4.47. The molecule has 1 heterocycles. The summed E-state index contributed by atoms with van der Waals surface area (Å²) in [7, 11) is 1.58. The van der Waals surface area contributed by atoms with Crippen molar-refractivity contribution in [3.05, 3.63) is 48.0 Å². The Morgan fingerprint density at radius 3 is 2.02 bits per heavy atom. The Hall–Kier alpha value is -4.73. The normalized spacial score (nSPS) is 13.0. The fraction of sp³-hybridized carbons (Fsp3) is 0.515. The van der Waals surface area contributed by atoms with Crippen LogP contribution in [0.2, 0.25) is 0 Å². The predicted molar refractivity (Wildman–Crippen MR) is 183 cm³/mol. The molecule has 49 heavy (non-hydrogen) atoms. The molecule has 0 aromatic heterocycles. The molecule has 1 aliphatic heterocycles. The molecule has 0 spiro atoms. The van der Waals surface area contributed by atoms with Crippen LogP contribution in [0.3, 0.4) is 0 Å². The molecule has 0 bridgehead atoms. The number of hydrogen-bond acceptors (Lipinski definition) is 9. The Morgan fingerprint density at radius 1 is 0.735 bits per heavy atom. The van der Waals surface area contributed by atoms with Crippen molar-refractivity contribution in [1.82, 2.24) is 36.8 Å². The highest BCUT2D eigenvalue weighted by Gasteiger charge is 2.24. The molecule has 2 rings (SSSR count). The van der Waals surface area contributed by atoms with Crippen LogP contribution in [0.4, 0.5) is 0 Å². The quantitative estimate of drug-likeness (QED) is 0.0530. The van der Waals surface area contributed by atoms with Gasteiger partial charge in [0.2, 0.25) is 35.4 Å². The van der Waals surface area contributed by atoms with Crippen molar-refractivity contribution in [3.8, 4) is 0 Å². The van der Waals surface area contributed by atoms with Crippen LogP contribution in [0, 0.1) is 0 Å². The number of rotatable bonds is 22. The molecule has 1 atom stereocenters. The van der Waals surface area contributed by atoms with Gasteiger partial charge in [0.05, 0.1) is 25.5 Å². The number of hydrogen-bond donors (Lipinski definition) is 6. The summed E-state index contributed by atoms with van der Waals surface area (Å²) in [6.45, 7) is 3.12. The first-order valence-electron chi connectivity index (χ1n) is 16.1. The molecule has 0 radical (unpaired) electrons. The van der Waals surface area contributed by atoms with Crippen molar-refractivity contribution in [2.45, 2.75) is 69.6 Å². The average molecular weight is 702 g/mol. The molecular weight excluding hydrogens is 654 g/mol. The zero-order valence-corrected chi connectivity index (χ0v) is 29.0. The van der Waals surface area contributed by atoms with Crippen LogP contribution >= 0.6 is 11.8 Å². The third-order valence-electron chi connectivity index (χ3n) is 7.40. The van der Waals surface area contributed by atoms with Crippen LogP contribution in [0.1, 0.15) is 57.9 Å². The lowest BCUT2D eigenvalue weighted by atomic mass is 10.1. The van der Waals surface area contributed by atoms with E-state index in [4.69, 9.17) is 0 Å². The zero-order valence-electron chi connectivity index (χ0n) is 28.2. The second kappa shape index (κ2) is 21.3. The molecule has 1 aliphatic rings. The SMILES string of the molecule is CNC(=O)CCC(C)(C)SCNC(=O)CNC(=O)C(Cc1ccccc1)NC(=O)CNC(=O)CNC(=O)CCCCCN1C(=O)C=CC1=O. The summed E-state index contributed by atoms with van der Waals surface area (Å²) in [5.41, 5.74) is 0.768. The van der Waals surface area contributed by atoms with Gasteiger partial charge in [-0.1, -0.05) is 50.6 Å². The van der Waals surface area contributed by atoms with Crippen LogP contribution in [-0.2, 0) is 44.8 Å². The van der Waals surface area contributed by atoms with E-state index in [1.807, 2.05) is 19.9 Å². The Kier molecular flexibility index (Phi) is 17.6. The number of amides is 8. The maximum absolute atomic E-state index is 13.0. The Morgan fingerprint density at radius 2 is 1.35 bits per heavy atom. The number of carbonyl (C=O) groups is 8. The van der Waals surface area contributed by atoms with E-state index in [1.54, 1.807) is 31.3 Å². The van der Waals surface area contributed by atoms with E-state index in [0.29, 0.717) is 32.1 Å². The molecule has 1 aromatic rings. The highest BCUT2D eigenvalue weighted by Crippen LogP contribution is 2.28. The summed E-state index contributed by atoms with van der Waals surface area (Å²) >= 11 is 1.47. The second-order valence-corrected chi connectivity index (χ2v) is 13.6. The fourth-order valence-corrected chi connectivity index (χ4v) is 5.34. The van der Waals surface area contributed by atoms with Gasteiger partial charge in [-0.3, -0.25) is 43.3 Å². The third-order valence-corrected chi connectivity index (χ3v) is 8.68. The van der Waals surface area contributed by atoms with Gasteiger partial charge >= 0.3 is 0 Å². The van der Waals surface area contributed by atoms with Crippen LogP contribution < -0.4 is 31.9 Å². The van der Waals surface area contributed by atoms with Gasteiger partial charge in [-0.25, -0.2) is 0 Å². The smallest absolute Gasteiger partial charge is 0.253 e. The maximum atomic E-state index is 13.0. The van der Waals surface area contributed by atoms with Gasteiger partial charge in [0.15, 0.2) is 0 Å². The summed E-state index contributed by atoms with van der Waals surface area (Å²) in [6, 6.07) is 7.94. The highest BCUT2D eigenvalue weighted by atomic mass is 32.2. The molecule has 16 heteroatoms. The van der Waals surface area contributed by atoms with Crippen molar-refractivity contribution in [1.29, 1.82) is 0 Å². The van der Waals surface area contributed by atoms with Crippen LogP contribution in [0.15, 0.2) is 42.5 Å². The zero-order chi connectivity index (χ0) is 36.2. The molecule has 0 saturated carbocycles. The number of carbonyl (C=O) groups excluding carboxylic acids is 8. The van der Waals surface area contributed by atoms with E-state index in [-0.39, 0.29) is 66.7 Å². The van der Waals surface area contributed by atoms with Crippen LogP contribution in [-0.4, -0.2) is 102 Å². The lowest BCUT2D eigenvalue weighted by Gasteiger charge is -2.24. The first-order valence-corrected chi connectivity index (χ1v) is 17.1. The topological polar surface area (TPSA) is 212 Å². The van der Waals surface area contributed by atoms with E-state index in [1.165, 1.54) is 23.9 Å². The van der Waals surface area contributed by atoms with Crippen molar-refractivity contribution in [2.24, 2.45) is 0 Å². The Balaban J connectivity index is 1.72. The molecule has 0 fully saturated rings. The van der Waals surface area contributed by atoms with E-state index in [9.17, 15) is 38.4 Å². The summed E-state index contributed by atoms with van der Waals surface area (Å²) in [5, 5.41) is 15.3. The number of imide groups is 1. The van der Waals surface area contributed by atoms with Gasteiger partial charge in [-0.05, 0) is 24.8 Å². The molecule has 8 amide bonds. The molecule has 1 unspecified atom stereocenters. The molecule has 15 nitrogen and oxygen atoms in total. The van der Waals surface area contributed by atoms with E-state index < -0.39 is 36.2 Å². The first-order chi connectivity index (χ1) is 23.3. The van der Waals surface area contributed by atoms with Gasteiger partial charge in [0, 0.05) is 49.8 Å². The van der Waals surface area contributed by atoms with Crippen LogP contribution in [0.5, 0.6) is 0 Å². The molecule has 0 aliphatic carbocycles. The second-order valence-electron chi connectivity index (χ2n) is 11.9. The van der Waals surface area contributed by atoms with Crippen molar-refractivity contribution >= 4 is 59.0 Å². The monoisotopic (exact) mass is 701 g/mol. The minimum atomic E-state index is -1.03. The molecule has 6 N–H and O–H groups in total. The molecular formula is C33H47N7O8S. The third kappa shape index (κ3) is 16.8. The Bertz CT molecular complexity index is 1350. The standard InChI is InChI=1S/C33H47N7O8S/c1-33(2,16-15-25(41)34-3)49-22-38-28(44)20-37-32(48)24(18-23-10-6-4-7-11-23)39-29(45)21-36-27(43)19-35-26(42)12-8-5-9-17-40-30(46)13-14-31(40)47/h4,6-7,10-11,13-14,24H,5,8-9,12,15-22H2,1-3H3,(H,34,41)(H,35,42)(H,36,43)(H,37,48)(H,38,44)(H,39,45). The predicted octanol–water partition coefficient (Wildman–Crippen LogP) is -0.340. The molecule has 0 saturated heterocycles. The lowest BCUT2D eigenvalue weighted by molar-refractivity contribution is -0.137. The maximum Gasteiger partial charge on any atom is 0.253 e. The van der Waals surface area contributed by atoms with Crippen molar-refractivity contribution < 1.29 is 38.4 Å². The largest absolute Gasteiger partial charge is 0.359 e. The molecule has 268 valence electrons. The summed E-state index contributed by atoms with van der Waals surface area (Å²) < 4.78 is -0.255. The minimum Gasteiger partial charge on any atom is -0.359 e. The number of benzene rings is 1. The number of nitrogens with one attached hydrogen (secondary N) is 6. The summed E-state index contributed by atoms with van der Waals surface area (Å²) in [5.74, 6) is -3.07. The summed E-state index contributed by atoms with van der Waals surface area (Å²) in [4.78, 5) is 98.2. The van der Waals surface area contributed by atoms with Gasteiger partial charge in [-0.2, -0.15) is 0 Å². The minimum absolute atomic E-state index is 0.0589. The van der Waals surface area contributed by atoms with E-state index in [2.05, 4.69) is 31.9 Å². The van der Waals surface area contributed by atoms with Crippen molar-refractivity contribution in [2.75, 3.05) is 39.1 Å². The lowest BCUT2D eigenvalue weighted by Crippen LogP contribution is -2.52. The van der Waals surface area contributed by atoms with Gasteiger partial charge in [0.25, 0.3) is 11.8 Å².